The molecular weight excluding hydrogens is 284 g/mol. The van der Waals surface area contributed by atoms with Gasteiger partial charge in [-0.05, 0) is 42.8 Å². The van der Waals surface area contributed by atoms with Crippen molar-refractivity contribution < 1.29 is 10.2 Å². The van der Waals surface area contributed by atoms with Gasteiger partial charge in [0.15, 0.2) is 10.1 Å². The number of aryl methyl sites for hydroxylation is 1. The Morgan fingerprint density at radius 3 is 2.06 bits per heavy atom. The van der Waals surface area contributed by atoms with Gasteiger partial charge in [-0.3, -0.25) is 0 Å². The van der Waals surface area contributed by atoms with E-state index in [-0.39, 0.29) is 0 Å². The summed E-state index contributed by atoms with van der Waals surface area (Å²) in [5.41, 5.74) is 1.10. The highest BCUT2D eigenvalue weighted by Crippen LogP contribution is 2.43. The minimum atomic E-state index is 0.338. The molecule has 0 radical (unpaired) electrons. The van der Waals surface area contributed by atoms with Gasteiger partial charge in [0.05, 0.1) is 4.88 Å². The molecule has 3 aromatic heterocycles. The van der Waals surface area contributed by atoms with E-state index in [1.807, 2.05) is 13.0 Å². The van der Waals surface area contributed by atoms with Crippen LogP contribution in [0.2, 0.25) is 0 Å². The van der Waals surface area contributed by atoms with Gasteiger partial charge in [-0.15, -0.1) is 11.3 Å². The van der Waals surface area contributed by atoms with Gasteiger partial charge in [-0.25, -0.2) is 0 Å². The van der Waals surface area contributed by atoms with Crippen molar-refractivity contribution in [2.24, 2.45) is 0 Å². The monoisotopic (exact) mass is 294 g/mol. The SMILES string of the molecule is Cc1cc(O)sc1-c1ccc(-c2ccc(O)s2)s1. The van der Waals surface area contributed by atoms with Crippen LogP contribution in [0.15, 0.2) is 30.3 Å². The van der Waals surface area contributed by atoms with Crippen molar-refractivity contribution in [1.29, 1.82) is 0 Å². The minimum Gasteiger partial charge on any atom is -0.499 e. The summed E-state index contributed by atoms with van der Waals surface area (Å²) in [4.78, 5) is 4.48. The fourth-order valence-electron chi connectivity index (χ4n) is 1.76. The highest BCUT2D eigenvalue weighted by Gasteiger charge is 2.11. The Morgan fingerprint density at radius 2 is 1.44 bits per heavy atom. The summed E-state index contributed by atoms with van der Waals surface area (Å²) in [5.74, 6) is 0. The standard InChI is InChI=1S/C13H10O2S3/c1-7-6-12(15)18-13(7)10-3-2-8(16-10)9-4-5-11(14)17-9/h2-6,14-15H,1H3. The van der Waals surface area contributed by atoms with Crippen LogP contribution in [0.5, 0.6) is 10.1 Å². The first-order valence-corrected chi connectivity index (χ1v) is 7.77. The van der Waals surface area contributed by atoms with Gasteiger partial charge in [0.25, 0.3) is 0 Å². The third kappa shape index (κ3) is 2.05. The number of thiophene rings is 3. The summed E-state index contributed by atoms with van der Waals surface area (Å²) in [7, 11) is 0. The second-order valence-corrected chi connectivity index (χ2v) is 7.08. The maximum Gasteiger partial charge on any atom is 0.171 e. The molecule has 0 atom stereocenters. The van der Waals surface area contributed by atoms with Gasteiger partial charge in [0.2, 0.25) is 0 Å². The van der Waals surface area contributed by atoms with Crippen molar-refractivity contribution in [3.63, 3.8) is 0 Å². The van der Waals surface area contributed by atoms with Crippen LogP contribution in [0, 0.1) is 6.92 Å². The second kappa shape index (κ2) is 4.42. The summed E-state index contributed by atoms with van der Waals surface area (Å²) < 4.78 is 0. The molecule has 0 saturated carbocycles. The first kappa shape index (κ1) is 11.8. The fraction of sp³-hybridized carbons (Fsp3) is 0.0769. The predicted octanol–water partition coefficient (Wildman–Crippen LogP) is 4.92. The Bertz CT molecular complexity index is 691. The minimum absolute atomic E-state index is 0.338. The van der Waals surface area contributed by atoms with Gasteiger partial charge in [0, 0.05) is 14.6 Å². The Kier molecular flexibility index (Phi) is 2.89. The molecular formula is C13H10O2S3. The zero-order chi connectivity index (χ0) is 12.7. The predicted molar refractivity (Wildman–Crippen MR) is 79.0 cm³/mol. The number of aromatic hydroxyl groups is 2. The largest absolute Gasteiger partial charge is 0.499 e. The highest BCUT2D eigenvalue weighted by atomic mass is 32.1. The molecule has 0 saturated heterocycles. The molecule has 3 aromatic rings. The van der Waals surface area contributed by atoms with E-state index >= 15 is 0 Å². The summed E-state index contributed by atoms with van der Waals surface area (Å²) in [6.45, 7) is 2.00. The fourth-order valence-corrected chi connectivity index (χ4v) is 4.69. The Morgan fingerprint density at radius 1 is 0.778 bits per heavy atom. The first-order valence-electron chi connectivity index (χ1n) is 5.32. The molecule has 3 rings (SSSR count). The van der Waals surface area contributed by atoms with Crippen molar-refractivity contribution in [3.05, 3.63) is 35.9 Å². The van der Waals surface area contributed by atoms with E-state index in [4.69, 9.17) is 0 Å². The van der Waals surface area contributed by atoms with E-state index in [9.17, 15) is 10.2 Å². The van der Waals surface area contributed by atoms with Crippen molar-refractivity contribution in [2.45, 2.75) is 6.92 Å². The zero-order valence-electron chi connectivity index (χ0n) is 9.51. The van der Waals surface area contributed by atoms with Gasteiger partial charge >= 0.3 is 0 Å². The lowest BCUT2D eigenvalue weighted by Gasteiger charge is -1.93. The van der Waals surface area contributed by atoms with Crippen LogP contribution in [0.3, 0.4) is 0 Å². The van der Waals surface area contributed by atoms with Crippen molar-refractivity contribution in [3.8, 4) is 29.6 Å². The maximum absolute atomic E-state index is 9.51. The smallest absolute Gasteiger partial charge is 0.171 e. The molecule has 2 N–H and O–H groups in total. The third-order valence-corrected chi connectivity index (χ3v) is 5.96. The molecule has 3 heterocycles. The molecule has 0 aromatic carbocycles. The van der Waals surface area contributed by atoms with Crippen LogP contribution < -0.4 is 0 Å². The summed E-state index contributed by atoms with van der Waals surface area (Å²) in [6.07, 6.45) is 0. The summed E-state index contributed by atoms with van der Waals surface area (Å²) in [6, 6.07) is 9.54. The molecule has 92 valence electrons. The Balaban J connectivity index is 2.01. The van der Waals surface area contributed by atoms with Crippen LogP contribution in [-0.4, -0.2) is 10.2 Å². The van der Waals surface area contributed by atoms with Gasteiger partial charge in [0.1, 0.15) is 0 Å². The Labute approximate surface area is 116 Å². The van der Waals surface area contributed by atoms with Gasteiger partial charge < -0.3 is 10.2 Å². The van der Waals surface area contributed by atoms with Crippen molar-refractivity contribution >= 4 is 34.0 Å². The van der Waals surface area contributed by atoms with E-state index in [0.717, 1.165) is 25.1 Å². The molecule has 0 unspecified atom stereocenters. The molecule has 0 aliphatic carbocycles. The quantitative estimate of drug-likeness (QED) is 0.704. The summed E-state index contributed by atoms with van der Waals surface area (Å²) in [5, 5.41) is 19.6. The van der Waals surface area contributed by atoms with E-state index in [1.54, 1.807) is 23.5 Å². The number of hydrogen-bond donors (Lipinski definition) is 2. The van der Waals surface area contributed by atoms with Crippen LogP contribution in [0.4, 0.5) is 0 Å². The van der Waals surface area contributed by atoms with Crippen LogP contribution >= 0.6 is 34.0 Å². The van der Waals surface area contributed by atoms with Crippen LogP contribution in [0.1, 0.15) is 5.56 Å². The number of rotatable bonds is 2. The van der Waals surface area contributed by atoms with Crippen LogP contribution in [-0.2, 0) is 0 Å². The Hall–Kier alpha value is -1.30. The average molecular weight is 294 g/mol. The lowest BCUT2D eigenvalue weighted by atomic mass is 10.2. The molecule has 0 aliphatic heterocycles. The van der Waals surface area contributed by atoms with Gasteiger partial charge in [-0.1, -0.05) is 22.7 Å². The maximum atomic E-state index is 9.51. The second-order valence-electron chi connectivity index (χ2n) is 3.90. The lowest BCUT2D eigenvalue weighted by Crippen LogP contribution is -1.66. The van der Waals surface area contributed by atoms with E-state index in [2.05, 4.69) is 12.1 Å². The van der Waals surface area contributed by atoms with Crippen LogP contribution in [0.25, 0.3) is 19.5 Å². The van der Waals surface area contributed by atoms with E-state index < -0.39 is 0 Å². The van der Waals surface area contributed by atoms with E-state index in [0.29, 0.717) is 10.1 Å². The molecule has 0 bridgehead atoms. The topological polar surface area (TPSA) is 40.5 Å². The number of hydrogen-bond acceptors (Lipinski definition) is 5. The molecule has 0 amide bonds. The third-order valence-electron chi connectivity index (χ3n) is 2.57. The first-order chi connectivity index (χ1) is 8.63. The van der Waals surface area contributed by atoms with Crippen molar-refractivity contribution in [2.75, 3.05) is 0 Å². The zero-order valence-corrected chi connectivity index (χ0v) is 12.0. The average Bonchev–Trinajstić information content (AvgIpc) is 2.98. The van der Waals surface area contributed by atoms with E-state index in [1.165, 1.54) is 22.7 Å². The molecule has 0 fully saturated rings. The normalized spacial score (nSPS) is 10.9. The van der Waals surface area contributed by atoms with Crippen molar-refractivity contribution in [1.82, 2.24) is 0 Å². The molecule has 0 spiro atoms. The molecule has 0 aliphatic rings. The molecule has 18 heavy (non-hydrogen) atoms. The highest BCUT2D eigenvalue weighted by molar-refractivity contribution is 7.27. The molecule has 5 heteroatoms. The lowest BCUT2D eigenvalue weighted by molar-refractivity contribution is 0.490. The molecule has 2 nitrogen and oxygen atoms in total. The van der Waals surface area contributed by atoms with Gasteiger partial charge in [-0.2, -0.15) is 0 Å². The summed E-state index contributed by atoms with van der Waals surface area (Å²) >= 11 is 4.46.